The molecule has 122 valence electrons. The third-order valence-corrected chi connectivity index (χ3v) is 3.86. The highest BCUT2D eigenvalue weighted by Gasteiger charge is 2.10. The van der Waals surface area contributed by atoms with Crippen LogP contribution in [0.25, 0.3) is 0 Å². The van der Waals surface area contributed by atoms with E-state index in [9.17, 15) is 4.79 Å². The van der Waals surface area contributed by atoms with E-state index in [1.54, 1.807) is 18.2 Å². The molecule has 0 aliphatic heterocycles. The molecule has 4 nitrogen and oxygen atoms in total. The fraction of sp³-hybridized carbons (Fsp3) is 0.500. The Morgan fingerprint density at radius 2 is 2.00 bits per heavy atom. The highest BCUT2D eigenvalue weighted by Crippen LogP contribution is 2.26. The molecule has 0 saturated heterocycles. The molecule has 0 aromatic heterocycles. The van der Waals surface area contributed by atoms with Gasteiger partial charge in [0.1, 0.15) is 5.75 Å². The first kappa shape index (κ1) is 18.9. The number of hydrogen-bond acceptors (Lipinski definition) is 3. The van der Waals surface area contributed by atoms with Crippen molar-refractivity contribution in [3.63, 3.8) is 0 Å². The molecule has 0 spiro atoms. The Morgan fingerprint density at radius 3 is 2.64 bits per heavy atom. The summed E-state index contributed by atoms with van der Waals surface area (Å²) in [6.45, 7) is 5.66. The summed E-state index contributed by atoms with van der Waals surface area (Å²) >= 11 is 8.52. The minimum Gasteiger partial charge on any atom is -0.492 e. The fourth-order valence-electron chi connectivity index (χ4n) is 1.68. The molecule has 0 aliphatic carbocycles. The van der Waals surface area contributed by atoms with Crippen LogP contribution in [-0.2, 0) is 0 Å². The van der Waals surface area contributed by atoms with Crippen LogP contribution in [0, 0.1) is 0 Å². The summed E-state index contributed by atoms with van der Waals surface area (Å²) < 4.78 is 6.41. The van der Waals surface area contributed by atoms with Gasteiger partial charge in [0, 0.05) is 12.1 Å². The molecule has 2 N–H and O–H groups in total. The number of ether oxygens (including phenoxy) is 1. The second kappa shape index (κ2) is 10.6. The normalized spacial score (nSPS) is 10.1. The lowest BCUT2D eigenvalue weighted by Crippen LogP contribution is -2.39. The van der Waals surface area contributed by atoms with Gasteiger partial charge in [-0.1, -0.05) is 26.7 Å². The topological polar surface area (TPSA) is 50.4 Å². The third-order valence-electron chi connectivity index (χ3n) is 2.99. The maximum absolute atomic E-state index is 12.1. The largest absolute Gasteiger partial charge is 0.492 e. The van der Waals surface area contributed by atoms with Crippen LogP contribution in [0.1, 0.15) is 49.9 Å². The van der Waals surface area contributed by atoms with Gasteiger partial charge in [-0.3, -0.25) is 10.1 Å². The van der Waals surface area contributed by atoms with Crippen molar-refractivity contribution in [2.24, 2.45) is 0 Å². The Labute approximate surface area is 146 Å². The number of nitrogens with one attached hydrogen (secondary N) is 2. The highest BCUT2D eigenvalue weighted by molar-refractivity contribution is 9.10. The molecule has 6 heteroatoms. The number of thiocarbonyl (C=S) groups is 1. The average Bonchev–Trinajstić information content (AvgIpc) is 2.49. The van der Waals surface area contributed by atoms with Gasteiger partial charge >= 0.3 is 0 Å². The first-order valence-electron chi connectivity index (χ1n) is 7.60. The average molecular weight is 387 g/mol. The van der Waals surface area contributed by atoms with Crippen LogP contribution in [0.5, 0.6) is 5.75 Å². The van der Waals surface area contributed by atoms with E-state index in [2.05, 4.69) is 40.4 Å². The maximum atomic E-state index is 12.1. The molecule has 0 heterocycles. The van der Waals surface area contributed by atoms with Crippen molar-refractivity contribution in [1.82, 2.24) is 10.6 Å². The molecule has 0 aliphatic rings. The second-order valence-electron chi connectivity index (χ2n) is 4.91. The van der Waals surface area contributed by atoms with Crippen molar-refractivity contribution < 1.29 is 9.53 Å². The Hall–Kier alpha value is -1.14. The number of carbonyl (C=O) groups excluding carboxylic acids is 1. The van der Waals surface area contributed by atoms with Crippen LogP contribution in [0.3, 0.4) is 0 Å². The van der Waals surface area contributed by atoms with E-state index >= 15 is 0 Å². The maximum Gasteiger partial charge on any atom is 0.257 e. The van der Waals surface area contributed by atoms with E-state index < -0.39 is 0 Å². The van der Waals surface area contributed by atoms with Crippen molar-refractivity contribution in [3.05, 3.63) is 28.2 Å². The van der Waals surface area contributed by atoms with Crippen LogP contribution in [0.4, 0.5) is 0 Å². The molecule has 0 atom stereocenters. The lowest BCUT2D eigenvalue weighted by Gasteiger charge is -2.11. The zero-order valence-corrected chi connectivity index (χ0v) is 15.5. The monoisotopic (exact) mass is 386 g/mol. The summed E-state index contributed by atoms with van der Waals surface area (Å²) in [6, 6.07) is 5.27. The molecule has 0 radical (unpaired) electrons. The fourth-order valence-corrected chi connectivity index (χ4v) is 2.37. The van der Waals surface area contributed by atoms with E-state index in [-0.39, 0.29) is 5.91 Å². The van der Waals surface area contributed by atoms with Gasteiger partial charge in [-0.05, 0) is 59.2 Å². The molecule has 0 saturated carbocycles. The summed E-state index contributed by atoms with van der Waals surface area (Å²) in [7, 11) is 0. The zero-order valence-electron chi connectivity index (χ0n) is 13.1. The predicted octanol–water partition coefficient (Wildman–Crippen LogP) is 4.03. The quantitative estimate of drug-likeness (QED) is 0.522. The Morgan fingerprint density at radius 1 is 1.27 bits per heavy atom. The molecule has 22 heavy (non-hydrogen) atoms. The van der Waals surface area contributed by atoms with Gasteiger partial charge in [0.15, 0.2) is 5.11 Å². The third kappa shape index (κ3) is 6.75. The van der Waals surface area contributed by atoms with Gasteiger partial charge in [-0.25, -0.2) is 0 Å². The molecular weight excluding hydrogens is 364 g/mol. The van der Waals surface area contributed by atoms with Crippen molar-refractivity contribution in [2.75, 3.05) is 13.2 Å². The number of carbonyl (C=O) groups is 1. The summed E-state index contributed by atoms with van der Waals surface area (Å²) in [5, 5.41) is 6.04. The van der Waals surface area contributed by atoms with Crippen molar-refractivity contribution in [1.29, 1.82) is 0 Å². The number of unbranched alkanes of at least 4 members (excludes halogenated alkanes) is 2. The molecule has 1 aromatic rings. The number of benzene rings is 1. The Kier molecular flexibility index (Phi) is 9.08. The number of halogens is 1. The molecule has 0 bridgehead atoms. The lowest BCUT2D eigenvalue weighted by molar-refractivity contribution is 0.0976. The standard InChI is InChI=1S/C16H23BrN2O2S/c1-3-5-9-18-16(22)19-15(20)12-7-8-14(13(17)11-12)21-10-6-4-2/h7-8,11H,3-6,9-10H2,1-2H3,(H2,18,19,20,22). The van der Waals surface area contributed by atoms with Crippen LogP contribution >= 0.6 is 28.1 Å². The first-order valence-corrected chi connectivity index (χ1v) is 8.80. The van der Waals surface area contributed by atoms with Crippen LogP contribution < -0.4 is 15.4 Å². The van der Waals surface area contributed by atoms with Crippen LogP contribution in [0.15, 0.2) is 22.7 Å². The van der Waals surface area contributed by atoms with Crippen LogP contribution in [0.2, 0.25) is 0 Å². The Balaban J connectivity index is 2.55. The van der Waals surface area contributed by atoms with E-state index in [0.29, 0.717) is 17.3 Å². The molecule has 1 rings (SSSR count). The van der Waals surface area contributed by atoms with Gasteiger partial charge in [0.25, 0.3) is 5.91 Å². The van der Waals surface area contributed by atoms with E-state index in [1.165, 1.54) is 0 Å². The van der Waals surface area contributed by atoms with Crippen molar-refractivity contribution in [2.45, 2.75) is 39.5 Å². The minimum atomic E-state index is -0.227. The Bertz CT molecular complexity index is 509. The van der Waals surface area contributed by atoms with E-state index in [4.69, 9.17) is 17.0 Å². The summed E-state index contributed by atoms with van der Waals surface area (Å²) in [5.74, 6) is 0.517. The van der Waals surface area contributed by atoms with Gasteiger partial charge in [0.05, 0.1) is 11.1 Å². The number of amides is 1. The van der Waals surface area contributed by atoms with Crippen molar-refractivity contribution in [3.8, 4) is 5.75 Å². The first-order chi connectivity index (χ1) is 10.6. The number of hydrogen-bond donors (Lipinski definition) is 2. The van der Waals surface area contributed by atoms with Gasteiger partial charge in [0.2, 0.25) is 0 Å². The predicted molar refractivity (Wildman–Crippen MR) is 97.5 cm³/mol. The van der Waals surface area contributed by atoms with Crippen LogP contribution in [-0.4, -0.2) is 24.2 Å². The van der Waals surface area contributed by atoms with Gasteiger partial charge in [-0.2, -0.15) is 0 Å². The van der Waals surface area contributed by atoms with E-state index in [0.717, 1.165) is 42.5 Å². The lowest BCUT2D eigenvalue weighted by atomic mass is 10.2. The number of rotatable bonds is 8. The zero-order chi connectivity index (χ0) is 16.4. The summed E-state index contributed by atoms with van der Waals surface area (Å²) in [5.41, 5.74) is 0.536. The molecule has 1 amide bonds. The summed E-state index contributed by atoms with van der Waals surface area (Å²) in [4.78, 5) is 12.1. The minimum absolute atomic E-state index is 0.227. The molecular formula is C16H23BrN2O2S. The smallest absolute Gasteiger partial charge is 0.257 e. The van der Waals surface area contributed by atoms with Gasteiger partial charge < -0.3 is 10.1 Å². The SMILES string of the molecule is CCCCNC(=S)NC(=O)c1ccc(OCCCC)c(Br)c1. The van der Waals surface area contributed by atoms with Gasteiger partial charge in [-0.15, -0.1) is 0 Å². The van der Waals surface area contributed by atoms with Crippen molar-refractivity contribution >= 4 is 39.2 Å². The summed E-state index contributed by atoms with van der Waals surface area (Å²) in [6.07, 6.45) is 4.19. The molecule has 0 unspecified atom stereocenters. The molecule has 0 fully saturated rings. The highest BCUT2D eigenvalue weighted by atomic mass is 79.9. The molecule has 1 aromatic carbocycles. The van der Waals surface area contributed by atoms with E-state index in [1.807, 2.05) is 0 Å². The second-order valence-corrected chi connectivity index (χ2v) is 6.17.